The molecule has 0 aromatic heterocycles. The third-order valence-electron chi connectivity index (χ3n) is 3.80. The van der Waals surface area contributed by atoms with Crippen LogP contribution in [0.1, 0.15) is 25.7 Å². The fraction of sp³-hybridized carbons (Fsp3) is 0.588. The quantitative estimate of drug-likeness (QED) is 0.720. The largest absolute Gasteiger partial charge is 0.383 e. The SMILES string of the molecule is COCCNC(=O)CS[C@@H]1CCCC[C@H]1Sc1ccc(F)cc1. The Morgan fingerprint density at radius 2 is 1.96 bits per heavy atom. The summed E-state index contributed by atoms with van der Waals surface area (Å²) in [5, 5.41) is 3.83. The molecule has 0 spiro atoms. The van der Waals surface area contributed by atoms with Crippen LogP contribution < -0.4 is 5.32 Å². The van der Waals surface area contributed by atoms with Crippen LogP contribution in [0.3, 0.4) is 0 Å². The van der Waals surface area contributed by atoms with Crippen molar-refractivity contribution in [1.82, 2.24) is 5.32 Å². The minimum absolute atomic E-state index is 0.0724. The lowest BCUT2D eigenvalue weighted by Gasteiger charge is -2.30. The smallest absolute Gasteiger partial charge is 0.230 e. The molecule has 128 valence electrons. The zero-order chi connectivity index (χ0) is 16.5. The third kappa shape index (κ3) is 6.73. The molecule has 0 unspecified atom stereocenters. The molecule has 1 aromatic rings. The van der Waals surface area contributed by atoms with E-state index in [4.69, 9.17) is 4.74 Å². The van der Waals surface area contributed by atoms with Crippen molar-refractivity contribution < 1.29 is 13.9 Å². The number of rotatable bonds is 8. The molecule has 1 aliphatic rings. The summed E-state index contributed by atoms with van der Waals surface area (Å²) in [6.07, 6.45) is 4.76. The lowest BCUT2D eigenvalue weighted by molar-refractivity contribution is -0.118. The van der Waals surface area contributed by atoms with E-state index < -0.39 is 0 Å². The van der Waals surface area contributed by atoms with Crippen LogP contribution in [0, 0.1) is 5.82 Å². The van der Waals surface area contributed by atoms with Gasteiger partial charge in [-0.25, -0.2) is 4.39 Å². The predicted molar refractivity (Wildman–Crippen MR) is 95.6 cm³/mol. The summed E-state index contributed by atoms with van der Waals surface area (Å²) >= 11 is 3.56. The number of hydrogen-bond donors (Lipinski definition) is 1. The number of hydrogen-bond acceptors (Lipinski definition) is 4. The molecule has 1 amide bonds. The first-order chi connectivity index (χ1) is 11.2. The van der Waals surface area contributed by atoms with E-state index in [1.165, 1.54) is 25.0 Å². The van der Waals surface area contributed by atoms with E-state index >= 15 is 0 Å². The minimum Gasteiger partial charge on any atom is -0.383 e. The average molecular weight is 358 g/mol. The maximum absolute atomic E-state index is 13.0. The standard InChI is InChI=1S/C17H24FNO2S2/c1-21-11-10-19-17(20)12-22-15-4-2-3-5-16(15)23-14-8-6-13(18)7-9-14/h6-9,15-16H,2-5,10-12H2,1H3,(H,19,20)/t15-,16-/m1/s1. The molecule has 23 heavy (non-hydrogen) atoms. The zero-order valence-corrected chi connectivity index (χ0v) is 15.1. The number of methoxy groups -OCH3 is 1. The molecule has 0 bridgehead atoms. The van der Waals surface area contributed by atoms with E-state index in [0.717, 1.165) is 17.7 Å². The van der Waals surface area contributed by atoms with Crippen molar-refractivity contribution in [3.8, 4) is 0 Å². The van der Waals surface area contributed by atoms with Crippen molar-refractivity contribution in [1.29, 1.82) is 0 Å². The summed E-state index contributed by atoms with van der Waals surface area (Å²) in [4.78, 5) is 12.9. The Bertz CT molecular complexity index is 484. The van der Waals surface area contributed by atoms with Crippen molar-refractivity contribution in [2.24, 2.45) is 0 Å². The molecule has 1 aromatic carbocycles. The van der Waals surface area contributed by atoms with Gasteiger partial charge in [0.15, 0.2) is 0 Å². The second-order valence-electron chi connectivity index (χ2n) is 5.59. The monoisotopic (exact) mass is 357 g/mol. The highest BCUT2D eigenvalue weighted by Crippen LogP contribution is 2.39. The Balaban J connectivity index is 1.81. The topological polar surface area (TPSA) is 38.3 Å². The molecular formula is C17H24FNO2S2. The van der Waals surface area contributed by atoms with Gasteiger partial charge in [-0.1, -0.05) is 12.8 Å². The summed E-state index contributed by atoms with van der Waals surface area (Å²) in [6, 6.07) is 6.70. The van der Waals surface area contributed by atoms with Gasteiger partial charge in [0.1, 0.15) is 5.82 Å². The molecule has 6 heteroatoms. The molecular weight excluding hydrogens is 333 g/mol. The van der Waals surface area contributed by atoms with Crippen LogP contribution >= 0.6 is 23.5 Å². The van der Waals surface area contributed by atoms with Crippen LogP contribution in [-0.2, 0) is 9.53 Å². The molecule has 1 fully saturated rings. The Morgan fingerprint density at radius 3 is 2.65 bits per heavy atom. The van der Waals surface area contributed by atoms with E-state index in [2.05, 4.69) is 5.32 Å². The van der Waals surface area contributed by atoms with Gasteiger partial charge in [0.25, 0.3) is 0 Å². The van der Waals surface area contributed by atoms with Crippen LogP contribution in [0.15, 0.2) is 29.2 Å². The maximum Gasteiger partial charge on any atom is 0.230 e. The minimum atomic E-state index is -0.198. The Morgan fingerprint density at radius 1 is 1.26 bits per heavy atom. The van der Waals surface area contributed by atoms with Crippen LogP contribution in [0.4, 0.5) is 4.39 Å². The third-order valence-corrected chi connectivity index (χ3v) is 6.80. The summed E-state index contributed by atoms with van der Waals surface area (Å²) in [6.45, 7) is 1.11. The Hall–Kier alpha value is -0.720. The number of nitrogens with one attached hydrogen (secondary N) is 1. The first-order valence-corrected chi connectivity index (χ1v) is 9.91. The second kappa shape index (κ2) is 10.2. The molecule has 0 radical (unpaired) electrons. The highest BCUT2D eigenvalue weighted by molar-refractivity contribution is 8.04. The highest BCUT2D eigenvalue weighted by atomic mass is 32.2. The molecule has 0 aliphatic heterocycles. The van der Waals surface area contributed by atoms with Gasteiger partial charge < -0.3 is 10.1 Å². The predicted octanol–water partition coefficient (Wildman–Crippen LogP) is 3.72. The second-order valence-corrected chi connectivity index (χ2v) is 8.13. The molecule has 2 atom stereocenters. The van der Waals surface area contributed by atoms with Crippen molar-refractivity contribution in [2.75, 3.05) is 26.0 Å². The molecule has 1 saturated carbocycles. The van der Waals surface area contributed by atoms with Gasteiger partial charge in [-0.3, -0.25) is 4.79 Å². The number of benzene rings is 1. The lowest BCUT2D eigenvalue weighted by atomic mass is 10.00. The molecule has 2 rings (SSSR count). The van der Waals surface area contributed by atoms with Gasteiger partial charge in [0, 0.05) is 29.0 Å². The van der Waals surface area contributed by atoms with Crippen LogP contribution in [0.5, 0.6) is 0 Å². The molecule has 0 saturated heterocycles. The maximum atomic E-state index is 13.0. The lowest BCUT2D eigenvalue weighted by Crippen LogP contribution is -2.31. The number of carbonyl (C=O) groups excluding carboxylic acids is 1. The van der Waals surface area contributed by atoms with E-state index in [-0.39, 0.29) is 11.7 Å². The van der Waals surface area contributed by atoms with Crippen molar-refractivity contribution in [3.05, 3.63) is 30.1 Å². The van der Waals surface area contributed by atoms with Crippen LogP contribution in [0.25, 0.3) is 0 Å². The number of thioether (sulfide) groups is 2. The molecule has 1 aliphatic carbocycles. The Kier molecular flexibility index (Phi) is 8.26. The number of ether oxygens (including phenoxy) is 1. The summed E-state index contributed by atoms with van der Waals surface area (Å²) < 4.78 is 17.9. The summed E-state index contributed by atoms with van der Waals surface area (Å²) in [5.74, 6) is 0.370. The number of halogens is 1. The van der Waals surface area contributed by atoms with E-state index in [0.29, 0.717) is 29.4 Å². The normalized spacial score (nSPS) is 21.1. The molecule has 0 heterocycles. The van der Waals surface area contributed by atoms with Gasteiger partial charge in [-0.2, -0.15) is 0 Å². The van der Waals surface area contributed by atoms with Crippen molar-refractivity contribution in [2.45, 2.75) is 41.1 Å². The first-order valence-electron chi connectivity index (χ1n) is 7.98. The van der Waals surface area contributed by atoms with E-state index in [1.54, 1.807) is 18.9 Å². The Labute approximate surface area is 146 Å². The van der Waals surface area contributed by atoms with Gasteiger partial charge in [-0.05, 0) is 37.1 Å². The van der Waals surface area contributed by atoms with Crippen LogP contribution in [-0.4, -0.2) is 42.4 Å². The van der Waals surface area contributed by atoms with Crippen LogP contribution in [0.2, 0.25) is 0 Å². The van der Waals surface area contributed by atoms with Crippen molar-refractivity contribution in [3.63, 3.8) is 0 Å². The zero-order valence-electron chi connectivity index (χ0n) is 13.4. The van der Waals surface area contributed by atoms with E-state index in [9.17, 15) is 9.18 Å². The van der Waals surface area contributed by atoms with Gasteiger partial charge in [0.2, 0.25) is 5.91 Å². The molecule has 1 N–H and O–H groups in total. The van der Waals surface area contributed by atoms with Gasteiger partial charge in [0.05, 0.1) is 12.4 Å². The summed E-state index contributed by atoms with van der Waals surface area (Å²) in [7, 11) is 1.63. The van der Waals surface area contributed by atoms with Gasteiger partial charge >= 0.3 is 0 Å². The average Bonchev–Trinajstić information content (AvgIpc) is 2.56. The van der Waals surface area contributed by atoms with Crippen molar-refractivity contribution >= 4 is 29.4 Å². The first kappa shape index (κ1) is 18.6. The highest BCUT2D eigenvalue weighted by Gasteiger charge is 2.27. The fourth-order valence-electron chi connectivity index (χ4n) is 2.60. The fourth-order valence-corrected chi connectivity index (χ4v) is 5.37. The summed E-state index contributed by atoms with van der Waals surface area (Å²) in [5.41, 5.74) is 0. The number of amides is 1. The van der Waals surface area contributed by atoms with E-state index in [1.807, 2.05) is 23.9 Å². The molecule has 3 nitrogen and oxygen atoms in total. The van der Waals surface area contributed by atoms with Gasteiger partial charge in [-0.15, -0.1) is 23.5 Å². The number of carbonyl (C=O) groups is 1.